The number of hydrogen-bond acceptors (Lipinski definition) is 3. The maximum atomic E-state index is 5.98. The van der Waals surface area contributed by atoms with Crippen molar-refractivity contribution in [3.8, 4) is 5.88 Å². The molecule has 0 radical (unpaired) electrons. The quantitative estimate of drug-likeness (QED) is 0.789. The molecule has 3 nitrogen and oxygen atoms in total. The predicted molar refractivity (Wildman–Crippen MR) is 55.4 cm³/mol. The Morgan fingerprint density at radius 2 is 2.21 bits per heavy atom. The Bertz CT molecular complexity index is 332. The molecule has 0 aromatic carbocycles. The van der Waals surface area contributed by atoms with Gasteiger partial charge < -0.3 is 10.5 Å². The van der Waals surface area contributed by atoms with Gasteiger partial charge in [-0.25, -0.2) is 4.98 Å². The van der Waals surface area contributed by atoms with Crippen LogP contribution in [-0.2, 0) is 5.41 Å². The van der Waals surface area contributed by atoms with Gasteiger partial charge in [0.1, 0.15) is 0 Å². The smallest absolute Gasteiger partial charge is 0.213 e. The minimum atomic E-state index is 0.120. The second-order valence-corrected chi connectivity index (χ2v) is 4.01. The number of ether oxygens (including phenoxy) is 1. The van der Waals surface area contributed by atoms with Crippen LogP contribution < -0.4 is 10.5 Å². The Morgan fingerprint density at radius 3 is 2.71 bits per heavy atom. The van der Waals surface area contributed by atoms with E-state index in [2.05, 4.69) is 4.98 Å². The molecule has 1 heterocycles. The normalized spacial score (nSPS) is 20.2. The van der Waals surface area contributed by atoms with Crippen LogP contribution in [0.4, 0.5) is 0 Å². The molecule has 0 bridgehead atoms. The molecule has 0 amide bonds. The van der Waals surface area contributed by atoms with Crippen molar-refractivity contribution in [2.75, 3.05) is 7.11 Å². The van der Waals surface area contributed by atoms with Crippen LogP contribution in [0.25, 0.3) is 0 Å². The molecule has 1 aliphatic rings. The maximum absolute atomic E-state index is 5.98. The van der Waals surface area contributed by atoms with Gasteiger partial charge in [-0.1, -0.05) is 6.07 Å². The molecule has 0 aliphatic heterocycles. The molecule has 1 fully saturated rings. The number of nitrogens with two attached hydrogens (primary N) is 1. The van der Waals surface area contributed by atoms with Crippen molar-refractivity contribution in [1.29, 1.82) is 0 Å². The standard InChI is InChI=1S/C11H16N2O/c1-8(12)11(6-7-11)9-4-3-5-10(13-9)14-2/h3-5,8H,6-7,12H2,1-2H3. The lowest BCUT2D eigenvalue weighted by Crippen LogP contribution is -2.32. The van der Waals surface area contributed by atoms with Crippen LogP contribution in [0.3, 0.4) is 0 Å². The van der Waals surface area contributed by atoms with Gasteiger partial charge in [0.25, 0.3) is 0 Å². The lowest BCUT2D eigenvalue weighted by Gasteiger charge is -2.19. The number of hydrogen-bond donors (Lipinski definition) is 1. The zero-order chi connectivity index (χ0) is 10.2. The highest BCUT2D eigenvalue weighted by molar-refractivity contribution is 5.30. The molecular weight excluding hydrogens is 176 g/mol. The van der Waals surface area contributed by atoms with Crippen LogP contribution in [0.5, 0.6) is 5.88 Å². The summed E-state index contributed by atoms with van der Waals surface area (Å²) in [4.78, 5) is 4.44. The van der Waals surface area contributed by atoms with Gasteiger partial charge in [0.15, 0.2) is 0 Å². The van der Waals surface area contributed by atoms with E-state index in [1.807, 2.05) is 25.1 Å². The molecule has 1 aromatic heterocycles. The monoisotopic (exact) mass is 192 g/mol. The van der Waals surface area contributed by atoms with Crippen molar-refractivity contribution in [3.63, 3.8) is 0 Å². The lowest BCUT2D eigenvalue weighted by molar-refractivity contribution is 0.392. The Balaban J connectivity index is 2.32. The third-order valence-electron chi connectivity index (χ3n) is 3.10. The summed E-state index contributed by atoms with van der Waals surface area (Å²) in [6.07, 6.45) is 2.29. The molecule has 2 rings (SSSR count). The van der Waals surface area contributed by atoms with Gasteiger partial charge >= 0.3 is 0 Å². The van der Waals surface area contributed by atoms with Crippen molar-refractivity contribution in [3.05, 3.63) is 23.9 Å². The van der Waals surface area contributed by atoms with Crippen LogP contribution in [-0.4, -0.2) is 18.1 Å². The summed E-state index contributed by atoms with van der Waals surface area (Å²) >= 11 is 0. The molecule has 76 valence electrons. The number of methoxy groups -OCH3 is 1. The second kappa shape index (κ2) is 3.24. The van der Waals surface area contributed by atoms with Crippen LogP contribution in [0.1, 0.15) is 25.5 Å². The molecule has 1 aliphatic carbocycles. The summed E-state index contributed by atoms with van der Waals surface area (Å²) in [5.74, 6) is 0.675. The first-order valence-corrected chi connectivity index (χ1v) is 4.96. The van der Waals surface area contributed by atoms with E-state index in [0.29, 0.717) is 5.88 Å². The summed E-state index contributed by atoms with van der Waals surface area (Å²) in [6.45, 7) is 2.05. The van der Waals surface area contributed by atoms with Crippen LogP contribution in [0.2, 0.25) is 0 Å². The first kappa shape index (κ1) is 9.46. The van der Waals surface area contributed by atoms with E-state index in [1.165, 1.54) is 0 Å². The minimum absolute atomic E-state index is 0.120. The van der Waals surface area contributed by atoms with Gasteiger partial charge in [0.05, 0.1) is 12.8 Å². The minimum Gasteiger partial charge on any atom is -0.481 e. The van der Waals surface area contributed by atoms with Crippen molar-refractivity contribution >= 4 is 0 Å². The molecule has 1 unspecified atom stereocenters. The van der Waals surface area contributed by atoms with Crippen molar-refractivity contribution < 1.29 is 4.74 Å². The largest absolute Gasteiger partial charge is 0.481 e. The molecular formula is C11H16N2O. The molecule has 2 N–H and O–H groups in total. The van der Waals surface area contributed by atoms with Crippen molar-refractivity contribution in [2.24, 2.45) is 5.73 Å². The molecule has 1 aromatic rings. The average molecular weight is 192 g/mol. The predicted octanol–water partition coefficient (Wildman–Crippen LogP) is 1.47. The van der Waals surface area contributed by atoms with E-state index in [1.54, 1.807) is 7.11 Å². The van der Waals surface area contributed by atoms with E-state index >= 15 is 0 Å². The van der Waals surface area contributed by atoms with E-state index in [0.717, 1.165) is 18.5 Å². The summed E-state index contributed by atoms with van der Waals surface area (Å²) < 4.78 is 5.11. The fraction of sp³-hybridized carbons (Fsp3) is 0.545. The Labute approximate surface area is 84.3 Å². The van der Waals surface area contributed by atoms with Crippen molar-refractivity contribution in [1.82, 2.24) is 4.98 Å². The fourth-order valence-electron chi connectivity index (χ4n) is 1.89. The van der Waals surface area contributed by atoms with Gasteiger partial charge in [-0.2, -0.15) is 0 Å². The van der Waals surface area contributed by atoms with Gasteiger partial charge in [0, 0.05) is 17.5 Å². The molecule has 0 spiro atoms. The highest BCUT2D eigenvalue weighted by Gasteiger charge is 2.48. The van der Waals surface area contributed by atoms with Gasteiger partial charge in [0.2, 0.25) is 5.88 Å². The SMILES string of the molecule is COc1cccc(C2(C(C)N)CC2)n1. The topological polar surface area (TPSA) is 48.1 Å². The molecule has 0 saturated heterocycles. The zero-order valence-electron chi connectivity index (χ0n) is 8.66. The van der Waals surface area contributed by atoms with Crippen LogP contribution in [0.15, 0.2) is 18.2 Å². The molecule has 14 heavy (non-hydrogen) atoms. The average Bonchev–Trinajstić information content (AvgIpc) is 2.98. The number of aromatic nitrogens is 1. The zero-order valence-corrected chi connectivity index (χ0v) is 8.66. The fourth-order valence-corrected chi connectivity index (χ4v) is 1.89. The van der Waals surface area contributed by atoms with E-state index in [9.17, 15) is 0 Å². The van der Waals surface area contributed by atoms with Crippen LogP contribution in [0, 0.1) is 0 Å². The second-order valence-electron chi connectivity index (χ2n) is 4.01. The van der Waals surface area contributed by atoms with Crippen LogP contribution >= 0.6 is 0 Å². The van der Waals surface area contributed by atoms with E-state index in [4.69, 9.17) is 10.5 Å². The molecule has 3 heteroatoms. The molecule has 1 saturated carbocycles. The van der Waals surface area contributed by atoms with E-state index in [-0.39, 0.29) is 11.5 Å². The number of pyridine rings is 1. The first-order chi connectivity index (χ1) is 6.69. The summed E-state index contributed by atoms with van der Waals surface area (Å²) in [5, 5.41) is 0. The lowest BCUT2D eigenvalue weighted by atomic mass is 9.94. The first-order valence-electron chi connectivity index (χ1n) is 4.96. The maximum Gasteiger partial charge on any atom is 0.213 e. The number of rotatable bonds is 3. The Kier molecular flexibility index (Phi) is 2.19. The summed E-state index contributed by atoms with van der Waals surface area (Å²) in [7, 11) is 1.64. The van der Waals surface area contributed by atoms with Crippen molar-refractivity contribution in [2.45, 2.75) is 31.2 Å². The van der Waals surface area contributed by atoms with Gasteiger partial charge in [-0.05, 0) is 25.8 Å². The van der Waals surface area contributed by atoms with E-state index < -0.39 is 0 Å². The summed E-state index contributed by atoms with van der Waals surface area (Å²) in [5.41, 5.74) is 7.17. The summed E-state index contributed by atoms with van der Waals surface area (Å²) in [6, 6.07) is 6.05. The molecule has 1 atom stereocenters. The highest BCUT2D eigenvalue weighted by atomic mass is 16.5. The third kappa shape index (κ3) is 1.38. The van der Waals surface area contributed by atoms with Gasteiger partial charge in [-0.15, -0.1) is 0 Å². The number of nitrogens with zero attached hydrogens (tertiary/aromatic N) is 1. The third-order valence-corrected chi connectivity index (χ3v) is 3.10. The van der Waals surface area contributed by atoms with Gasteiger partial charge in [-0.3, -0.25) is 0 Å². The highest BCUT2D eigenvalue weighted by Crippen LogP contribution is 2.49. The Hall–Kier alpha value is -1.09. The Morgan fingerprint density at radius 1 is 1.50 bits per heavy atom.